The lowest BCUT2D eigenvalue weighted by Gasteiger charge is -2.28. The van der Waals surface area contributed by atoms with Gasteiger partial charge in [0, 0.05) is 13.3 Å². The van der Waals surface area contributed by atoms with Crippen LogP contribution in [0.4, 0.5) is 0 Å². The zero-order valence-corrected chi connectivity index (χ0v) is 19.8. The zero-order chi connectivity index (χ0) is 21.7. The summed E-state index contributed by atoms with van der Waals surface area (Å²) in [5, 5.41) is 19.6. The van der Waals surface area contributed by atoms with Crippen molar-refractivity contribution < 1.29 is 24.6 Å². The minimum atomic E-state index is -1.40. The van der Waals surface area contributed by atoms with Crippen LogP contribution in [0.5, 0.6) is 5.75 Å². The first kappa shape index (κ1) is 23.5. The highest BCUT2D eigenvalue weighted by molar-refractivity contribution is 14.1. The molecule has 0 radical (unpaired) electrons. The fourth-order valence-corrected chi connectivity index (χ4v) is 4.81. The van der Waals surface area contributed by atoms with E-state index in [0.717, 1.165) is 17.4 Å². The SMILES string of the molecule is CC(=O)N(C(=O)[C@@H](N)Cc1ccccc1)[C@@H](Cc1cc(I)c(O)c(I)c1)C(=O)O. The Bertz CT molecular complexity index is 897. The van der Waals surface area contributed by atoms with Crippen LogP contribution < -0.4 is 5.73 Å². The van der Waals surface area contributed by atoms with E-state index in [4.69, 9.17) is 5.73 Å². The molecular weight excluding hydrogens is 602 g/mol. The maximum Gasteiger partial charge on any atom is 0.327 e. The van der Waals surface area contributed by atoms with Gasteiger partial charge in [-0.05, 0) is 74.9 Å². The Kier molecular flexibility index (Phi) is 8.40. The van der Waals surface area contributed by atoms with E-state index in [-0.39, 0.29) is 18.6 Å². The second-order valence-electron chi connectivity index (χ2n) is 6.49. The number of phenols is 1. The number of aliphatic carboxylic acids is 1. The number of imide groups is 1. The predicted octanol–water partition coefficient (Wildman–Crippen LogP) is 2.54. The third-order valence-corrected chi connectivity index (χ3v) is 5.94. The summed E-state index contributed by atoms with van der Waals surface area (Å²) in [6.45, 7) is 1.15. The quantitative estimate of drug-likeness (QED) is 0.409. The largest absolute Gasteiger partial charge is 0.506 e. The number of carbonyl (C=O) groups is 3. The maximum atomic E-state index is 12.9. The van der Waals surface area contributed by atoms with Gasteiger partial charge in [-0.1, -0.05) is 30.3 Å². The van der Waals surface area contributed by atoms with Crippen LogP contribution in [-0.4, -0.2) is 45.0 Å². The lowest BCUT2D eigenvalue weighted by molar-refractivity contribution is -0.157. The van der Waals surface area contributed by atoms with Crippen LogP contribution in [-0.2, 0) is 27.2 Å². The molecule has 0 spiro atoms. The summed E-state index contributed by atoms with van der Waals surface area (Å²) in [4.78, 5) is 37.8. The van der Waals surface area contributed by atoms with Gasteiger partial charge in [0.15, 0.2) is 0 Å². The number of rotatable bonds is 7. The van der Waals surface area contributed by atoms with Crippen molar-refractivity contribution in [2.45, 2.75) is 31.8 Å². The average Bonchev–Trinajstić information content (AvgIpc) is 2.65. The highest BCUT2D eigenvalue weighted by Crippen LogP contribution is 2.28. The molecule has 2 aromatic carbocycles. The van der Waals surface area contributed by atoms with E-state index in [1.165, 1.54) is 0 Å². The molecule has 0 saturated carbocycles. The van der Waals surface area contributed by atoms with Gasteiger partial charge in [-0.3, -0.25) is 14.5 Å². The summed E-state index contributed by atoms with van der Waals surface area (Å²) in [7, 11) is 0. The van der Waals surface area contributed by atoms with Crippen molar-refractivity contribution in [2.24, 2.45) is 5.73 Å². The number of benzene rings is 2. The number of carboxylic acid groups (broad SMARTS) is 1. The van der Waals surface area contributed by atoms with E-state index in [0.29, 0.717) is 12.7 Å². The van der Waals surface area contributed by atoms with Gasteiger partial charge < -0.3 is 15.9 Å². The van der Waals surface area contributed by atoms with Crippen molar-refractivity contribution in [1.82, 2.24) is 4.90 Å². The smallest absolute Gasteiger partial charge is 0.327 e. The molecule has 2 atom stereocenters. The summed E-state index contributed by atoms with van der Waals surface area (Å²) >= 11 is 3.87. The summed E-state index contributed by atoms with van der Waals surface area (Å²) in [6.07, 6.45) is 0.0930. The zero-order valence-electron chi connectivity index (χ0n) is 15.5. The lowest BCUT2D eigenvalue weighted by Crippen LogP contribution is -2.54. The molecule has 4 N–H and O–H groups in total. The Morgan fingerprint density at radius 2 is 1.59 bits per heavy atom. The second kappa shape index (κ2) is 10.3. The van der Waals surface area contributed by atoms with Crippen LogP contribution in [0.2, 0.25) is 0 Å². The Hall–Kier alpha value is -1.73. The van der Waals surface area contributed by atoms with Crippen molar-refractivity contribution in [1.29, 1.82) is 0 Å². The van der Waals surface area contributed by atoms with Crippen molar-refractivity contribution in [2.75, 3.05) is 0 Å². The first-order valence-corrected chi connectivity index (χ1v) is 10.8. The van der Waals surface area contributed by atoms with Crippen molar-refractivity contribution in [3.8, 4) is 5.75 Å². The van der Waals surface area contributed by atoms with Crippen LogP contribution in [0.3, 0.4) is 0 Å². The second-order valence-corrected chi connectivity index (χ2v) is 8.81. The molecule has 2 aromatic rings. The number of nitrogens with two attached hydrogens (primary N) is 1. The Morgan fingerprint density at radius 1 is 1.03 bits per heavy atom. The standard InChI is InChI=1S/C20H20I2N2O5/c1-11(25)24(19(27)16(23)9-12-5-3-2-4-6-12)17(20(28)29)10-13-7-14(21)18(26)15(22)8-13/h2-8,16-17,26H,9-10,23H2,1H3,(H,28,29)/t16-,17-/m0/s1. The third kappa shape index (κ3) is 6.12. The molecule has 0 bridgehead atoms. The molecule has 9 heteroatoms. The summed E-state index contributed by atoms with van der Waals surface area (Å²) in [5.41, 5.74) is 7.41. The minimum absolute atomic E-state index is 0.0923. The van der Waals surface area contributed by atoms with E-state index in [2.05, 4.69) is 0 Å². The van der Waals surface area contributed by atoms with E-state index in [1.807, 2.05) is 63.4 Å². The first-order valence-electron chi connectivity index (χ1n) is 8.64. The highest BCUT2D eigenvalue weighted by atomic mass is 127. The van der Waals surface area contributed by atoms with Gasteiger partial charge in [-0.25, -0.2) is 4.79 Å². The van der Waals surface area contributed by atoms with Gasteiger partial charge in [0.25, 0.3) is 0 Å². The molecule has 2 amide bonds. The number of halogens is 2. The van der Waals surface area contributed by atoms with Crippen molar-refractivity contribution >= 4 is 63.0 Å². The van der Waals surface area contributed by atoms with Crippen LogP contribution >= 0.6 is 45.2 Å². The summed E-state index contributed by atoms with van der Waals surface area (Å²) in [6, 6.07) is 9.86. The Labute approximate surface area is 195 Å². The molecular formula is C20H20I2N2O5. The molecule has 0 aliphatic rings. The average molecular weight is 622 g/mol. The van der Waals surface area contributed by atoms with Gasteiger partial charge in [-0.2, -0.15) is 0 Å². The predicted molar refractivity (Wildman–Crippen MR) is 124 cm³/mol. The number of hydrogen-bond acceptors (Lipinski definition) is 5. The number of phenolic OH excluding ortho intramolecular Hbond substituents is 1. The molecule has 0 saturated heterocycles. The van der Waals surface area contributed by atoms with Gasteiger partial charge >= 0.3 is 5.97 Å². The number of nitrogens with zero attached hydrogens (tertiary/aromatic N) is 1. The fourth-order valence-electron chi connectivity index (χ4n) is 2.91. The molecule has 0 heterocycles. The molecule has 2 rings (SSSR count). The molecule has 7 nitrogen and oxygen atoms in total. The summed E-state index contributed by atoms with van der Waals surface area (Å²) in [5.74, 6) is -2.63. The van der Waals surface area contributed by atoms with Gasteiger partial charge in [0.05, 0.1) is 13.2 Å². The Morgan fingerprint density at radius 3 is 2.07 bits per heavy atom. The third-order valence-electron chi connectivity index (χ3n) is 4.29. The van der Waals surface area contributed by atoms with Crippen molar-refractivity contribution in [3.63, 3.8) is 0 Å². The van der Waals surface area contributed by atoms with Crippen LogP contribution in [0.25, 0.3) is 0 Å². The molecule has 0 unspecified atom stereocenters. The highest BCUT2D eigenvalue weighted by Gasteiger charge is 2.35. The molecule has 0 fully saturated rings. The Balaban J connectivity index is 2.30. The summed E-state index contributed by atoms with van der Waals surface area (Å²) < 4.78 is 1.10. The minimum Gasteiger partial charge on any atom is -0.506 e. The number of hydrogen-bond donors (Lipinski definition) is 3. The van der Waals surface area contributed by atoms with E-state index in [9.17, 15) is 24.6 Å². The van der Waals surface area contributed by atoms with Crippen LogP contribution in [0, 0.1) is 7.14 Å². The van der Waals surface area contributed by atoms with Crippen molar-refractivity contribution in [3.05, 3.63) is 60.7 Å². The topological polar surface area (TPSA) is 121 Å². The van der Waals surface area contributed by atoms with Gasteiger partial charge in [0.1, 0.15) is 11.8 Å². The normalized spacial score (nSPS) is 12.8. The monoisotopic (exact) mass is 622 g/mol. The van der Waals surface area contributed by atoms with Gasteiger partial charge in [0.2, 0.25) is 11.8 Å². The van der Waals surface area contributed by atoms with E-state index >= 15 is 0 Å². The molecule has 0 aromatic heterocycles. The number of carboxylic acids is 1. The maximum absolute atomic E-state index is 12.9. The number of carbonyl (C=O) groups excluding carboxylic acids is 2. The lowest BCUT2D eigenvalue weighted by atomic mass is 10.0. The number of amides is 2. The molecule has 29 heavy (non-hydrogen) atoms. The molecule has 154 valence electrons. The molecule has 0 aliphatic carbocycles. The van der Waals surface area contributed by atoms with E-state index in [1.54, 1.807) is 24.3 Å². The van der Waals surface area contributed by atoms with E-state index < -0.39 is 29.9 Å². The van der Waals surface area contributed by atoms with Crippen LogP contribution in [0.15, 0.2) is 42.5 Å². The molecule has 0 aliphatic heterocycles. The fraction of sp³-hybridized carbons (Fsp3) is 0.250. The first-order chi connectivity index (χ1) is 13.6. The van der Waals surface area contributed by atoms with Gasteiger partial charge in [-0.15, -0.1) is 0 Å². The number of aromatic hydroxyl groups is 1. The van der Waals surface area contributed by atoms with Crippen LogP contribution in [0.1, 0.15) is 18.1 Å².